The van der Waals surface area contributed by atoms with E-state index in [4.69, 9.17) is 0 Å². The van der Waals surface area contributed by atoms with E-state index in [1.54, 1.807) is 6.07 Å². The smallest absolute Gasteiger partial charge is 0.253 e. The Morgan fingerprint density at radius 1 is 1.03 bits per heavy atom. The van der Waals surface area contributed by atoms with Crippen molar-refractivity contribution in [3.8, 4) is 10.4 Å². The summed E-state index contributed by atoms with van der Waals surface area (Å²) in [7, 11) is 0. The Morgan fingerprint density at radius 2 is 1.74 bits per heavy atom. The summed E-state index contributed by atoms with van der Waals surface area (Å²) in [5.74, 6) is -0.335. The third-order valence-corrected chi connectivity index (χ3v) is 8.79. The van der Waals surface area contributed by atoms with Crippen LogP contribution in [0, 0.1) is 20.8 Å². The first-order valence-corrected chi connectivity index (χ1v) is 13.9. The van der Waals surface area contributed by atoms with Gasteiger partial charge in [0.2, 0.25) is 5.91 Å². The lowest BCUT2D eigenvalue weighted by molar-refractivity contribution is -0.126. The van der Waals surface area contributed by atoms with Crippen molar-refractivity contribution in [3.05, 3.63) is 79.1 Å². The lowest BCUT2D eigenvalue weighted by atomic mass is 9.74. The second-order valence-corrected chi connectivity index (χ2v) is 11.3. The van der Waals surface area contributed by atoms with Gasteiger partial charge < -0.3 is 15.6 Å². The quantitative estimate of drug-likeness (QED) is 0.350. The van der Waals surface area contributed by atoms with Crippen LogP contribution in [0.15, 0.2) is 35.1 Å². The van der Waals surface area contributed by atoms with Gasteiger partial charge in [-0.15, -0.1) is 11.3 Å². The van der Waals surface area contributed by atoms with Gasteiger partial charge >= 0.3 is 0 Å². The summed E-state index contributed by atoms with van der Waals surface area (Å²) < 4.78 is 0. The third kappa shape index (κ3) is 5.23. The number of carbonyl (C=O) groups excluding carboxylic acids is 3. The molecule has 8 heteroatoms. The predicted octanol–water partition coefficient (Wildman–Crippen LogP) is 5.11. The molecule has 0 bridgehead atoms. The zero-order chi connectivity index (χ0) is 27.6. The molecule has 0 radical (unpaired) electrons. The highest BCUT2D eigenvalue weighted by molar-refractivity contribution is 7.17. The first-order valence-electron chi connectivity index (χ1n) is 13.1. The van der Waals surface area contributed by atoms with E-state index in [1.165, 1.54) is 18.3 Å². The summed E-state index contributed by atoms with van der Waals surface area (Å²) in [5, 5.41) is 5.96. The number of rotatable bonds is 8. The van der Waals surface area contributed by atoms with E-state index in [2.05, 4.69) is 15.6 Å². The number of hydrogen-bond donors (Lipinski definition) is 3. The largest absolute Gasteiger partial charge is 0.356 e. The number of benzene rings is 1. The highest BCUT2D eigenvalue weighted by atomic mass is 32.1. The molecule has 0 unspecified atom stereocenters. The number of pyridine rings is 1. The number of thiophene rings is 1. The Morgan fingerprint density at radius 3 is 2.34 bits per heavy atom. The average Bonchev–Trinajstić information content (AvgIpc) is 3.55. The fourth-order valence-electron chi connectivity index (χ4n) is 5.56. The zero-order valence-electron chi connectivity index (χ0n) is 22.7. The van der Waals surface area contributed by atoms with Gasteiger partial charge in [0.15, 0.2) is 5.78 Å². The fraction of sp³-hybridized carbons (Fsp3) is 0.400. The number of aryl methyl sites for hydroxylation is 2. The van der Waals surface area contributed by atoms with Crippen molar-refractivity contribution in [1.82, 2.24) is 15.6 Å². The molecule has 1 aliphatic rings. The number of amides is 2. The number of hydrogen-bond acceptors (Lipinski definition) is 5. The predicted molar refractivity (Wildman–Crippen MR) is 151 cm³/mol. The van der Waals surface area contributed by atoms with Gasteiger partial charge in [0, 0.05) is 34.8 Å². The van der Waals surface area contributed by atoms with Gasteiger partial charge in [-0.25, -0.2) is 0 Å². The molecule has 1 fully saturated rings. The maximum atomic E-state index is 13.6. The van der Waals surface area contributed by atoms with Crippen molar-refractivity contribution in [1.29, 1.82) is 0 Å². The summed E-state index contributed by atoms with van der Waals surface area (Å²) in [5.41, 5.74) is 4.04. The molecular weight excluding hydrogens is 498 g/mol. The second-order valence-electron chi connectivity index (χ2n) is 10.2. The minimum absolute atomic E-state index is 0.0125. The standard InChI is InChI=1S/C30H35N3O4S/c1-6-31-29(37)30(11-7-8-12-30)24-15-21(26-10-9-25(38-26)20(5)34)14-22(19(24)4)27(35)32-16-23-17(2)13-18(3)33-28(23)36/h9-10,13-15H,6-8,11-12,16H2,1-5H3,(H,31,37)(H,32,35)(H,33,36). The van der Waals surface area contributed by atoms with Gasteiger partial charge in [0.1, 0.15) is 0 Å². The molecule has 2 aromatic heterocycles. The summed E-state index contributed by atoms with van der Waals surface area (Å²) in [4.78, 5) is 55.8. The maximum Gasteiger partial charge on any atom is 0.253 e. The molecule has 7 nitrogen and oxygen atoms in total. The van der Waals surface area contributed by atoms with E-state index in [9.17, 15) is 19.2 Å². The van der Waals surface area contributed by atoms with E-state index in [0.717, 1.165) is 45.7 Å². The van der Waals surface area contributed by atoms with Crippen LogP contribution in [0.2, 0.25) is 0 Å². The molecule has 0 aliphatic heterocycles. The first kappa shape index (κ1) is 27.5. The second kappa shape index (κ2) is 11.1. The highest BCUT2D eigenvalue weighted by Crippen LogP contribution is 2.45. The summed E-state index contributed by atoms with van der Waals surface area (Å²) in [6.07, 6.45) is 3.30. The fourth-order valence-corrected chi connectivity index (χ4v) is 6.45. The van der Waals surface area contributed by atoms with Crippen LogP contribution in [0.1, 0.15) is 87.5 Å². The normalized spacial score (nSPS) is 14.3. The maximum absolute atomic E-state index is 13.6. The Hall–Kier alpha value is -3.52. The zero-order valence-corrected chi connectivity index (χ0v) is 23.5. The Kier molecular flexibility index (Phi) is 8.02. The van der Waals surface area contributed by atoms with Gasteiger partial charge in [-0.05, 0) is 100 Å². The number of H-pyrrole nitrogens is 1. The number of aromatic nitrogens is 1. The minimum Gasteiger partial charge on any atom is -0.356 e. The van der Waals surface area contributed by atoms with Crippen molar-refractivity contribution < 1.29 is 14.4 Å². The van der Waals surface area contributed by atoms with E-state index in [-0.39, 0.29) is 29.7 Å². The van der Waals surface area contributed by atoms with Crippen LogP contribution >= 0.6 is 11.3 Å². The summed E-state index contributed by atoms with van der Waals surface area (Å²) in [6.45, 7) is 9.64. The van der Waals surface area contributed by atoms with Gasteiger partial charge in [0.05, 0.1) is 10.3 Å². The number of likely N-dealkylation sites (N-methyl/N-ethyl adjacent to an activating group) is 1. The number of ketones is 1. The number of carbonyl (C=O) groups is 3. The monoisotopic (exact) mass is 533 g/mol. The van der Waals surface area contributed by atoms with Crippen LogP contribution in [0.3, 0.4) is 0 Å². The van der Waals surface area contributed by atoms with Gasteiger partial charge in [-0.1, -0.05) is 12.8 Å². The molecule has 0 saturated heterocycles. The molecule has 3 aromatic rings. The highest BCUT2D eigenvalue weighted by Gasteiger charge is 2.44. The SMILES string of the molecule is CCNC(=O)C1(c2cc(-c3ccc(C(C)=O)s3)cc(C(=O)NCc3c(C)cc(C)[nH]c3=O)c2C)CCCC1. The first-order chi connectivity index (χ1) is 18.1. The Balaban J connectivity index is 1.81. The van der Waals surface area contributed by atoms with Crippen molar-refractivity contribution in [3.63, 3.8) is 0 Å². The minimum atomic E-state index is -0.712. The van der Waals surface area contributed by atoms with Crippen molar-refractivity contribution in [2.24, 2.45) is 0 Å². The lowest BCUT2D eigenvalue weighted by Gasteiger charge is -2.31. The van der Waals surface area contributed by atoms with E-state index >= 15 is 0 Å². The van der Waals surface area contributed by atoms with Crippen LogP contribution in [-0.2, 0) is 16.8 Å². The Bertz CT molecular complexity index is 1460. The van der Waals surface area contributed by atoms with Crippen LogP contribution in [0.25, 0.3) is 10.4 Å². The third-order valence-electron chi connectivity index (χ3n) is 7.55. The van der Waals surface area contributed by atoms with Crippen molar-refractivity contribution in [2.45, 2.75) is 72.3 Å². The summed E-state index contributed by atoms with van der Waals surface area (Å²) in [6, 6.07) is 9.42. The van der Waals surface area contributed by atoms with E-state index in [0.29, 0.717) is 35.4 Å². The molecule has 1 aliphatic carbocycles. The molecular formula is C30H35N3O4S. The van der Waals surface area contributed by atoms with Crippen LogP contribution in [-0.4, -0.2) is 29.1 Å². The molecule has 1 aromatic carbocycles. The number of Topliss-reactive ketones (excluding diaryl/α,β-unsaturated/α-hetero) is 1. The molecule has 1 saturated carbocycles. The number of aromatic amines is 1. The average molecular weight is 534 g/mol. The molecule has 0 spiro atoms. The van der Waals surface area contributed by atoms with Crippen molar-refractivity contribution in [2.75, 3.05) is 6.54 Å². The molecule has 200 valence electrons. The molecule has 38 heavy (non-hydrogen) atoms. The van der Waals surface area contributed by atoms with E-state index < -0.39 is 5.41 Å². The van der Waals surface area contributed by atoms with Crippen molar-refractivity contribution >= 4 is 28.9 Å². The number of nitrogens with one attached hydrogen (secondary N) is 3. The lowest BCUT2D eigenvalue weighted by Crippen LogP contribution is -2.43. The van der Waals surface area contributed by atoms with Gasteiger partial charge in [-0.2, -0.15) is 0 Å². The van der Waals surface area contributed by atoms with E-state index in [1.807, 2.05) is 52.0 Å². The Labute approximate surface area is 227 Å². The summed E-state index contributed by atoms with van der Waals surface area (Å²) >= 11 is 1.38. The molecule has 2 heterocycles. The van der Waals surface area contributed by atoms with Crippen LogP contribution in [0.4, 0.5) is 0 Å². The van der Waals surface area contributed by atoms with Gasteiger partial charge in [-0.3, -0.25) is 19.2 Å². The molecule has 4 rings (SSSR count). The molecule has 2 amide bonds. The van der Waals surface area contributed by atoms with Crippen LogP contribution < -0.4 is 16.2 Å². The van der Waals surface area contributed by atoms with Crippen LogP contribution in [0.5, 0.6) is 0 Å². The van der Waals surface area contributed by atoms with Gasteiger partial charge in [0.25, 0.3) is 11.5 Å². The molecule has 3 N–H and O–H groups in total. The topological polar surface area (TPSA) is 108 Å². The molecule has 0 atom stereocenters.